The molecule has 18 heteroatoms. The van der Waals surface area contributed by atoms with Gasteiger partial charge >= 0.3 is 0 Å². The van der Waals surface area contributed by atoms with Crippen LogP contribution in [-0.4, -0.2) is 93.3 Å². The summed E-state index contributed by atoms with van der Waals surface area (Å²) in [6.07, 6.45) is 15.1. The van der Waals surface area contributed by atoms with Crippen molar-refractivity contribution in [3.8, 4) is 22.3 Å². The molecular weight excluding hydrogens is 833 g/mol. The minimum absolute atomic E-state index is 0.0132. The van der Waals surface area contributed by atoms with Gasteiger partial charge in [-0.3, -0.25) is 19.0 Å². The fourth-order valence-electron chi connectivity index (χ4n) is 8.93. The third-order valence-electron chi connectivity index (χ3n) is 13.0. The highest BCUT2D eigenvalue weighted by molar-refractivity contribution is 5.86. The zero-order valence-corrected chi connectivity index (χ0v) is 37.3. The highest BCUT2D eigenvalue weighted by Gasteiger charge is 2.36. The molecule has 0 spiro atoms. The summed E-state index contributed by atoms with van der Waals surface area (Å²) in [4.78, 5) is 39.9. The van der Waals surface area contributed by atoms with Gasteiger partial charge in [0, 0.05) is 92.9 Å². The second kappa shape index (κ2) is 17.8. The molecule has 0 radical (unpaired) electrons. The second-order valence-corrected chi connectivity index (χ2v) is 17.8. The first kappa shape index (κ1) is 42.4. The Morgan fingerprint density at radius 2 is 1.38 bits per heavy atom. The predicted octanol–water partition coefficient (Wildman–Crippen LogP) is 4.52. The standard InChI is InChI=1S/C48H54N16O2/c1-30-4-7-33(8-5-30)18-51-47(65)38-21-60(22-38)46-43-17-36(26-64(43)56-29-53-46)40-27-62(58-44(40)50)31(2)6-9-32-10-12-34(13-11-32)41(14-15-49)57-48(66)39-23-61(24-39)45-42-16-35(25-63(42)55-28-52-45)37-19-54-59(3)20-37/h4-5,7-8,10-13,16-17,19-20,25-29,31,38-39,41H,6,9,14-15,18,21-24,49H2,1-3H3,(H2,50,58)(H,51,65)(H,57,66)/t31?,41-/m0/s1. The summed E-state index contributed by atoms with van der Waals surface area (Å²) in [5.41, 5.74) is 22.5. The van der Waals surface area contributed by atoms with E-state index in [1.165, 1.54) is 11.1 Å². The molecule has 8 aromatic rings. The Labute approximate surface area is 381 Å². The highest BCUT2D eigenvalue weighted by Crippen LogP contribution is 2.34. The number of benzene rings is 2. The molecule has 2 saturated heterocycles. The average molecular weight is 887 g/mol. The Morgan fingerprint density at radius 1 is 0.758 bits per heavy atom. The van der Waals surface area contributed by atoms with Crippen LogP contribution in [0, 0.1) is 18.8 Å². The molecule has 0 bridgehead atoms. The third kappa shape index (κ3) is 8.54. The molecule has 8 heterocycles. The Kier molecular flexibility index (Phi) is 11.4. The fourth-order valence-corrected chi connectivity index (χ4v) is 8.93. The van der Waals surface area contributed by atoms with E-state index in [4.69, 9.17) is 16.6 Å². The second-order valence-electron chi connectivity index (χ2n) is 17.8. The van der Waals surface area contributed by atoms with Gasteiger partial charge in [-0.2, -0.15) is 20.4 Å². The molecule has 6 N–H and O–H groups in total. The molecule has 1 unspecified atom stereocenters. The van der Waals surface area contributed by atoms with Crippen LogP contribution >= 0.6 is 0 Å². The monoisotopic (exact) mass is 886 g/mol. The van der Waals surface area contributed by atoms with Crippen molar-refractivity contribution in [2.45, 2.75) is 51.7 Å². The molecule has 10 rings (SSSR count). The van der Waals surface area contributed by atoms with E-state index in [9.17, 15) is 9.59 Å². The van der Waals surface area contributed by atoms with Crippen LogP contribution in [0.4, 0.5) is 17.5 Å². The molecular formula is C48H54N16O2. The van der Waals surface area contributed by atoms with E-state index in [-0.39, 0.29) is 35.7 Å². The van der Waals surface area contributed by atoms with E-state index in [0.717, 1.165) is 68.9 Å². The van der Waals surface area contributed by atoms with Crippen LogP contribution in [0.1, 0.15) is 54.1 Å². The summed E-state index contributed by atoms with van der Waals surface area (Å²) in [7, 11) is 1.89. The summed E-state index contributed by atoms with van der Waals surface area (Å²) < 4.78 is 7.33. The number of hydrogen-bond acceptors (Lipinski definition) is 12. The van der Waals surface area contributed by atoms with Crippen LogP contribution in [0.2, 0.25) is 0 Å². The van der Waals surface area contributed by atoms with Crippen LogP contribution in [0.3, 0.4) is 0 Å². The molecule has 18 nitrogen and oxygen atoms in total. The van der Waals surface area contributed by atoms with Gasteiger partial charge in [0.25, 0.3) is 0 Å². The van der Waals surface area contributed by atoms with Crippen molar-refractivity contribution in [3.63, 3.8) is 0 Å². The number of carbonyl (C=O) groups is 2. The lowest BCUT2D eigenvalue weighted by Gasteiger charge is -2.39. The largest absolute Gasteiger partial charge is 0.382 e. The zero-order chi connectivity index (χ0) is 45.5. The summed E-state index contributed by atoms with van der Waals surface area (Å²) in [6, 6.07) is 20.6. The van der Waals surface area contributed by atoms with E-state index in [1.54, 1.807) is 21.9 Å². The minimum atomic E-state index is -0.189. The number of hydrogen-bond donors (Lipinski definition) is 4. The van der Waals surface area contributed by atoms with E-state index in [2.05, 4.69) is 102 Å². The Bertz CT molecular complexity index is 3010. The van der Waals surface area contributed by atoms with E-state index < -0.39 is 0 Å². The van der Waals surface area contributed by atoms with Crippen LogP contribution in [0.5, 0.6) is 0 Å². The summed E-state index contributed by atoms with van der Waals surface area (Å²) in [5.74, 6) is 1.81. The number of aryl methyl sites for hydroxylation is 3. The predicted molar refractivity (Wildman–Crippen MR) is 252 cm³/mol. The molecule has 2 atom stereocenters. The maximum absolute atomic E-state index is 13.5. The zero-order valence-electron chi connectivity index (χ0n) is 37.3. The smallest absolute Gasteiger partial charge is 0.227 e. The Morgan fingerprint density at radius 3 is 2.02 bits per heavy atom. The topological polar surface area (TPSA) is 213 Å². The van der Waals surface area contributed by atoms with Crippen molar-refractivity contribution in [3.05, 3.63) is 127 Å². The average Bonchev–Trinajstić information content (AvgIpc) is 4.10. The van der Waals surface area contributed by atoms with Crippen LogP contribution < -0.4 is 31.9 Å². The van der Waals surface area contributed by atoms with E-state index >= 15 is 0 Å². The highest BCUT2D eigenvalue weighted by atomic mass is 16.2. The van der Waals surface area contributed by atoms with Gasteiger partial charge in [-0.25, -0.2) is 19.0 Å². The first-order valence-corrected chi connectivity index (χ1v) is 22.5. The number of anilines is 3. The number of fused-ring (bicyclic) bond motifs is 2. The Balaban J connectivity index is 0.721. The molecule has 66 heavy (non-hydrogen) atoms. The van der Waals surface area contributed by atoms with Gasteiger partial charge in [0.2, 0.25) is 11.8 Å². The molecule has 2 fully saturated rings. The van der Waals surface area contributed by atoms with Crippen LogP contribution in [0.15, 0.2) is 104 Å². The number of aromatic nitrogens is 10. The number of carbonyl (C=O) groups excluding carboxylic acids is 2. The van der Waals surface area contributed by atoms with Gasteiger partial charge < -0.3 is 31.9 Å². The number of rotatable bonds is 16. The first-order chi connectivity index (χ1) is 32.1. The lowest BCUT2D eigenvalue weighted by molar-refractivity contribution is -0.127. The van der Waals surface area contributed by atoms with Crippen molar-refractivity contribution < 1.29 is 9.59 Å². The molecule has 2 aromatic carbocycles. The fraction of sp³-hybridized carbons (Fsp3) is 0.333. The van der Waals surface area contributed by atoms with Gasteiger partial charge in [-0.1, -0.05) is 54.1 Å². The molecule has 338 valence electrons. The summed E-state index contributed by atoms with van der Waals surface area (Å²) in [6.45, 7) is 7.45. The van der Waals surface area contributed by atoms with Gasteiger partial charge in [0.05, 0.1) is 24.1 Å². The first-order valence-electron chi connectivity index (χ1n) is 22.5. The van der Waals surface area contributed by atoms with Gasteiger partial charge in [0.15, 0.2) is 17.5 Å². The van der Waals surface area contributed by atoms with Crippen molar-refractivity contribution in [2.75, 3.05) is 48.3 Å². The summed E-state index contributed by atoms with van der Waals surface area (Å²) in [5, 5.41) is 24.2. The normalized spacial score (nSPS) is 15.2. The van der Waals surface area contributed by atoms with Gasteiger partial charge in [-0.05, 0) is 68.5 Å². The molecule has 0 saturated carbocycles. The van der Waals surface area contributed by atoms with Crippen molar-refractivity contribution >= 4 is 40.3 Å². The number of amides is 2. The van der Waals surface area contributed by atoms with E-state index in [1.807, 2.05) is 65.4 Å². The van der Waals surface area contributed by atoms with Crippen LogP contribution in [0.25, 0.3) is 33.3 Å². The van der Waals surface area contributed by atoms with Gasteiger partial charge in [0.1, 0.15) is 23.7 Å². The minimum Gasteiger partial charge on any atom is -0.382 e. The van der Waals surface area contributed by atoms with Crippen molar-refractivity contribution in [2.24, 2.45) is 24.6 Å². The van der Waals surface area contributed by atoms with Crippen molar-refractivity contribution in [1.29, 1.82) is 0 Å². The maximum Gasteiger partial charge on any atom is 0.227 e. The number of nitrogens with two attached hydrogens (primary N) is 2. The maximum atomic E-state index is 13.5. The number of nitrogens with one attached hydrogen (secondary N) is 2. The summed E-state index contributed by atoms with van der Waals surface area (Å²) >= 11 is 0. The lowest BCUT2D eigenvalue weighted by atomic mass is 9.96. The van der Waals surface area contributed by atoms with Gasteiger partial charge in [-0.15, -0.1) is 0 Å². The molecule has 2 amide bonds. The van der Waals surface area contributed by atoms with E-state index in [0.29, 0.717) is 51.5 Å². The lowest BCUT2D eigenvalue weighted by Crippen LogP contribution is -2.54. The number of nitrogens with zero attached hydrogens (tertiary/aromatic N) is 12. The SMILES string of the molecule is Cc1ccc(CNC(=O)C2CN(c3ncnn4cc(-c5cn(C(C)CCc6ccc([C@H](CCN)NC(=O)C7CN(c8ncnn9cc(-c%10cnn(C)c%10)cc89)C7)cc6)nc5N)cc34)C2)cc1. The van der Waals surface area contributed by atoms with Crippen molar-refractivity contribution in [1.82, 2.24) is 59.4 Å². The van der Waals surface area contributed by atoms with Crippen LogP contribution in [-0.2, 0) is 29.6 Å². The molecule has 2 aliphatic heterocycles. The molecule has 0 aliphatic carbocycles. The quantitative estimate of drug-likeness (QED) is 0.106. The third-order valence-corrected chi connectivity index (χ3v) is 13.0. The molecule has 2 aliphatic rings. The molecule has 6 aromatic heterocycles. The number of nitrogen functional groups attached to an aromatic ring is 1. The Hall–Kier alpha value is -7.60.